The van der Waals surface area contributed by atoms with Gasteiger partial charge in [0.1, 0.15) is 13.6 Å². The third-order valence-electron chi connectivity index (χ3n) is 11.8. The van der Waals surface area contributed by atoms with Crippen LogP contribution < -0.4 is 10.8 Å². The first-order chi connectivity index (χ1) is 26.1. The van der Waals surface area contributed by atoms with Crippen molar-refractivity contribution in [2.45, 2.75) is 83.3 Å². The quantitative estimate of drug-likeness (QED) is 0.279. The zero-order valence-corrected chi connectivity index (χ0v) is 31.7. The fraction of sp³-hybridized carbons (Fsp3) is 0.575. The van der Waals surface area contributed by atoms with Gasteiger partial charge in [-0.15, -0.1) is 0 Å². The molecule has 0 saturated carbocycles. The number of hydrogen-bond donors (Lipinski definition) is 2. The number of piperidine rings is 3. The van der Waals surface area contributed by atoms with Gasteiger partial charge in [0.25, 0.3) is 5.91 Å². The molecule has 2 N–H and O–H groups in total. The number of carbonyl (C=O) groups excluding carboxylic acids is 5. The Morgan fingerprint density at radius 3 is 2.17 bits per heavy atom. The third kappa shape index (κ3) is 9.67. The first kappa shape index (κ1) is 39.0. The number of para-hydroxylation sites is 1. The average Bonchev–Trinajstić information content (AvgIpc) is 3.36. The molecule has 5 amide bonds. The highest BCUT2D eigenvalue weighted by Gasteiger charge is 2.37. The Hall–Kier alpha value is -4.75. The summed E-state index contributed by atoms with van der Waals surface area (Å²) < 4.78 is 11.0. The molecule has 4 aliphatic rings. The summed E-state index contributed by atoms with van der Waals surface area (Å²) >= 11 is 0. The predicted octanol–water partition coefficient (Wildman–Crippen LogP) is 3.07. The molecule has 3 fully saturated rings. The van der Waals surface area contributed by atoms with Crippen molar-refractivity contribution in [2.75, 3.05) is 57.7 Å². The lowest BCUT2D eigenvalue weighted by Gasteiger charge is -2.41. The van der Waals surface area contributed by atoms with Crippen LogP contribution in [0.4, 0.5) is 15.3 Å². The summed E-state index contributed by atoms with van der Waals surface area (Å²) in [5.74, 6) is 0.496. The minimum Gasteiger partial charge on any atom is -0.509 e. The molecule has 0 unspecified atom stereocenters. The number of ether oxygens (including phenoxy) is 2. The fourth-order valence-corrected chi connectivity index (χ4v) is 8.55. The largest absolute Gasteiger partial charge is 0.509 e. The van der Waals surface area contributed by atoms with E-state index >= 15 is 0 Å². The normalized spacial score (nSPS) is 19.4. The van der Waals surface area contributed by atoms with E-state index in [1.165, 1.54) is 0 Å². The summed E-state index contributed by atoms with van der Waals surface area (Å²) in [6.45, 7) is 5.98. The number of nitrogens with zero attached hydrogens (tertiary/aromatic N) is 4. The van der Waals surface area contributed by atoms with E-state index in [-0.39, 0.29) is 54.9 Å². The van der Waals surface area contributed by atoms with Gasteiger partial charge >= 0.3 is 18.1 Å². The molecule has 6 rings (SSSR count). The lowest BCUT2D eigenvalue weighted by atomic mass is 9.78. The van der Waals surface area contributed by atoms with Crippen LogP contribution in [-0.4, -0.2) is 127 Å². The van der Waals surface area contributed by atoms with E-state index in [1.54, 1.807) is 31.8 Å². The van der Waals surface area contributed by atoms with Gasteiger partial charge in [0.05, 0.1) is 13.0 Å². The Bertz CT molecular complexity index is 1670. The van der Waals surface area contributed by atoms with E-state index in [1.807, 2.05) is 45.0 Å². The number of nitrogens with one attached hydrogen (secondary N) is 1. The Morgan fingerprint density at radius 1 is 0.852 bits per heavy atom. The van der Waals surface area contributed by atoms with Gasteiger partial charge in [0.15, 0.2) is 6.10 Å². The highest BCUT2D eigenvalue weighted by Crippen LogP contribution is 2.33. The van der Waals surface area contributed by atoms with Crippen LogP contribution in [0.25, 0.3) is 0 Å². The predicted molar refractivity (Wildman–Crippen MR) is 205 cm³/mol. The maximum Gasteiger partial charge on any atom is 0.410 e. The molecule has 0 radical (unpaired) electrons. The Kier molecular flexibility index (Phi) is 13.0. The summed E-state index contributed by atoms with van der Waals surface area (Å²) in [5.41, 5.74) is 3.42. The van der Waals surface area contributed by atoms with E-state index in [2.05, 4.69) is 5.32 Å². The van der Waals surface area contributed by atoms with Crippen LogP contribution in [0.5, 0.6) is 5.75 Å². The highest BCUT2D eigenvalue weighted by molar-refractivity contribution is 6.34. The molecular formula is C40H54BN5O8. The SMILES string of the molecule is Bc1cc(C[C@@H](OC(=O)N2CCC(N3CCc4ccccc4NC3=O)CC2)C(=O)N2CCC(C3CCN(C(=O)CCC(=O)OCC)CC3)CC2)ccc1O. The Labute approximate surface area is 318 Å². The van der Waals surface area contributed by atoms with Crippen LogP contribution >= 0.6 is 0 Å². The van der Waals surface area contributed by atoms with E-state index < -0.39 is 12.2 Å². The van der Waals surface area contributed by atoms with Crippen LogP contribution in [0, 0.1) is 11.8 Å². The topological polar surface area (TPSA) is 149 Å². The first-order valence-corrected chi connectivity index (χ1v) is 19.7. The standard InChI is InChI=1S/C40H54BN5O8/c1-2-53-37(49)10-9-36(48)43-18-11-28(12-19-43)29-13-20-44(21-14-29)38(50)35(26-27-7-8-34(47)32(41)25-27)54-40(52)45-22-16-31(17-23-45)46-24-15-30-5-3-4-6-33(30)42-39(46)51/h3-8,25,28-29,31,35,47H,2,9-24,26,41H2,1H3,(H,42,51)/t35-/m1/s1. The molecule has 4 aliphatic heterocycles. The number of aromatic hydroxyl groups is 1. The summed E-state index contributed by atoms with van der Waals surface area (Å²) in [5, 5.41) is 13.1. The maximum absolute atomic E-state index is 14.1. The minimum absolute atomic E-state index is 0.00755. The van der Waals surface area contributed by atoms with Crippen LogP contribution in [-0.2, 0) is 36.7 Å². The van der Waals surface area contributed by atoms with Crippen LogP contribution in [0.15, 0.2) is 42.5 Å². The first-order valence-electron chi connectivity index (χ1n) is 19.7. The van der Waals surface area contributed by atoms with Crippen molar-refractivity contribution in [3.8, 4) is 5.75 Å². The monoisotopic (exact) mass is 743 g/mol. The molecule has 0 aromatic heterocycles. The molecule has 0 spiro atoms. The molecule has 0 bridgehead atoms. The van der Waals surface area contributed by atoms with Crippen LogP contribution in [0.1, 0.15) is 69.4 Å². The van der Waals surface area contributed by atoms with Gasteiger partial charge in [-0.05, 0) is 92.4 Å². The average molecular weight is 744 g/mol. The minimum atomic E-state index is -1.02. The molecule has 2 aromatic rings. The van der Waals surface area contributed by atoms with Gasteiger partial charge in [0, 0.05) is 70.4 Å². The van der Waals surface area contributed by atoms with Gasteiger partial charge in [-0.2, -0.15) is 0 Å². The van der Waals surface area contributed by atoms with Gasteiger partial charge in [-0.1, -0.05) is 30.3 Å². The number of esters is 1. The smallest absolute Gasteiger partial charge is 0.410 e. The second-order valence-electron chi connectivity index (χ2n) is 15.1. The van der Waals surface area contributed by atoms with Gasteiger partial charge in [0.2, 0.25) is 5.91 Å². The number of carbonyl (C=O) groups is 5. The molecule has 4 heterocycles. The van der Waals surface area contributed by atoms with Gasteiger partial charge in [-0.25, -0.2) is 9.59 Å². The zero-order valence-electron chi connectivity index (χ0n) is 31.7. The molecule has 3 saturated heterocycles. The number of hydrogen-bond acceptors (Lipinski definition) is 8. The number of benzene rings is 2. The van der Waals surface area contributed by atoms with Crippen molar-refractivity contribution >= 4 is 48.9 Å². The maximum atomic E-state index is 14.1. The highest BCUT2D eigenvalue weighted by atomic mass is 16.6. The van der Waals surface area contributed by atoms with Crippen molar-refractivity contribution in [3.63, 3.8) is 0 Å². The van der Waals surface area contributed by atoms with E-state index in [0.29, 0.717) is 82.6 Å². The Morgan fingerprint density at radius 2 is 1.50 bits per heavy atom. The van der Waals surface area contributed by atoms with Gasteiger partial charge < -0.3 is 39.5 Å². The number of urea groups is 1. The molecule has 13 nitrogen and oxygen atoms in total. The summed E-state index contributed by atoms with van der Waals surface area (Å²) in [6.07, 6.45) is 4.39. The lowest BCUT2D eigenvalue weighted by Crippen LogP contribution is -2.52. The fourth-order valence-electron chi connectivity index (χ4n) is 8.55. The molecule has 0 aliphatic carbocycles. The van der Waals surface area contributed by atoms with Crippen LogP contribution in [0.3, 0.4) is 0 Å². The molecular weight excluding hydrogens is 689 g/mol. The van der Waals surface area contributed by atoms with Gasteiger partial charge in [-0.3, -0.25) is 14.4 Å². The van der Waals surface area contributed by atoms with Crippen molar-refractivity contribution in [2.24, 2.45) is 11.8 Å². The summed E-state index contributed by atoms with van der Waals surface area (Å²) in [4.78, 5) is 72.4. The second kappa shape index (κ2) is 18.1. The number of phenolic OH excluding ortho intramolecular Hbond substituents is 1. The number of likely N-dealkylation sites (tertiary alicyclic amines) is 3. The van der Waals surface area contributed by atoms with Crippen LogP contribution in [0.2, 0.25) is 0 Å². The summed E-state index contributed by atoms with van der Waals surface area (Å²) in [6, 6.07) is 12.9. The van der Waals surface area contributed by atoms with Crippen molar-refractivity contribution < 1.29 is 38.6 Å². The number of rotatable bonds is 10. The zero-order chi connectivity index (χ0) is 38.2. The van der Waals surface area contributed by atoms with E-state index in [0.717, 1.165) is 48.9 Å². The summed E-state index contributed by atoms with van der Waals surface area (Å²) in [7, 11) is 1.80. The van der Waals surface area contributed by atoms with E-state index in [4.69, 9.17) is 9.47 Å². The number of fused-ring (bicyclic) bond motifs is 1. The second-order valence-corrected chi connectivity index (χ2v) is 15.1. The Balaban J connectivity index is 1.01. The number of anilines is 1. The molecule has 2 aromatic carbocycles. The molecule has 290 valence electrons. The van der Waals surface area contributed by atoms with Crippen molar-refractivity contribution in [1.29, 1.82) is 0 Å². The molecule has 14 heteroatoms. The van der Waals surface area contributed by atoms with Crippen molar-refractivity contribution in [1.82, 2.24) is 19.6 Å². The number of amides is 5. The lowest BCUT2D eigenvalue weighted by molar-refractivity contribution is -0.146. The van der Waals surface area contributed by atoms with E-state index in [9.17, 15) is 29.1 Å². The van der Waals surface area contributed by atoms with Crippen molar-refractivity contribution in [3.05, 3.63) is 53.6 Å². The molecule has 54 heavy (non-hydrogen) atoms. The molecule has 1 atom stereocenters. The number of phenols is 1. The third-order valence-corrected chi connectivity index (χ3v) is 11.8.